The van der Waals surface area contributed by atoms with Crippen LogP contribution in [0.5, 0.6) is 5.75 Å². The SMILES string of the molecule is CCOc1ccc(C2Nc3ccc(C(=O)N4CCCC4)cc3[C@H]3NCC[C@@H]23)cc1. The van der Waals surface area contributed by atoms with E-state index in [-0.39, 0.29) is 18.0 Å². The lowest BCUT2D eigenvalue weighted by molar-refractivity contribution is 0.0792. The summed E-state index contributed by atoms with van der Waals surface area (Å²) in [6.45, 7) is 5.47. The monoisotopic (exact) mass is 391 g/mol. The summed E-state index contributed by atoms with van der Waals surface area (Å²) >= 11 is 0. The highest BCUT2D eigenvalue weighted by molar-refractivity contribution is 5.95. The van der Waals surface area contributed by atoms with Crippen LogP contribution in [0.25, 0.3) is 0 Å². The molecule has 2 fully saturated rings. The van der Waals surface area contributed by atoms with Crippen molar-refractivity contribution in [2.24, 2.45) is 5.92 Å². The molecule has 2 N–H and O–H groups in total. The van der Waals surface area contributed by atoms with Crippen molar-refractivity contribution in [2.75, 3.05) is 31.6 Å². The standard InChI is InChI=1S/C24H29N3O2/c1-2-29-18-8-5-16(6-9-18)22-19-11-12-25-23(19)20-15-17(7-10-21(20)26-22)24(28)27-13-3-4-14-27/h5-10,15,19,22-23,25-26H,2-4,11-14H2,1H3/t19-,22?,23-/m0/s1. The third-order valence-electron chi connectivity index (χ3n) is 6.59. The Kier molecular flexibility index (Phi) is 4.92. The third-order valence-corrected chi connectivity index (χ3v) is 6.59. The fourth-order valence-corrected chi connectivity index (χ4v) is 5.15. The van der Waals surface area contributed by atoms with E-state index in [9.17, 15) is 4.79 Å². The summed E-state index contributed by atoms with van der Waals surface area (Å²) in [6.07, 6.45) is 3.36. The Labute approximate surface area is 172 Å². The number of carbonyl (C=O) groups is 1. The van der Waals surface area contributed by atoms with E-state index in [1.54, 1.807) is 0 Å². The maximum Gasteiger partial charge on any atom is 0.253 e. The van der Waals surface area contributed by atoms with Crippen LogP contribution in [-0.2, 0) is 0 Å². The predicted molar refractivity (Wildman–Crippen MR) is 114 cm³/mol. The molecule has 0 aromatic heterocycles. The average Bonchev–Trinajstić information content (AvgIpc) is 3.45. The van der Waals surface area contributed by atoms with E-state index in [1.165, 1.54) is 11.1 Å². The van der Waals surface area contributed by atoms with Gasteiger partial charge in [-0.25, -0.2) is 0 Å². The lowest BCUT2D eigenvalue weighted by atomic mass is 9.80. The number of likely N-dealkylation sites (tertiary alicyclic amines) is 1. The van der Waals surface area contributed by atoms with Gasteiger partial charge >= 0.3 is 0 Å². The zero-order valence-electron chi connectivity index (χ0n) is 17.0. The van der Waals surface area contributed by atoms with E-state index in [4.69, 9.17) is 4.74 Å². The van der Waals surface area contributed by atoms with Gasteiger partial charge in [0.05, 0.1) is 12.6 Å². The first-order valence-corrected chi connectivity index (χ1v) is 10.9. The summed E-state index contributed by atoms with van der Waals surface area (Å²) in [7, 11) is 0. The maximum atomic E-state index is 12.9. The third kappa shape index (κ3) is 3.38. The van der Waals surface area contributed by atoms with Gasteiger partial charge in [-0.3, -0.25) is 4.79 Å². The maximum absolute atomic E-state index is 12.9. The second kappa shape index (κ2) is 7.71. The summed E-state index contributed by atoms with van der Waals surface area (Å²) < 4.78 is 5.60. The molecular formula is C24H29N3O2. The Morgan fingerprint density at radius 3 is 2.66 bits per heavy atom. The highest BCUT2D eigenvalue weighted by atomic mass is 16.5. The van der Waals surface area contributed by atoms with Crippen molar-refractivity contribution in [1.29, 1.82) is 0 Å². The molecule has 2 aromatic rings. The van der Waals surface area contributed by atoms with Crippen LogP contribution in [0, 0.1) is 5.92 Å². The largest absolute Gasteiger partial charge is 0.494 e. The number of hydrogen-bond donors (Lipinski definition) is 2. The van der Waals surface area contributed by atoms with Crippen LogP contribution in [0.15, 0.2) is 42.5 Å². The molecule has 0 bridgehead atoms. The number of benzene rings is 2. The Bertz CT molecular complexity index is 889. The molecule has 3 heterocycles. The Morgan fingerprint density at radius 1 is 1.10 bits per heavy atom. The van der Waals surface area contributed by atoms with Gasteiger partial charge in [-0.2, -0.15) is 0 Å². The van der Waals surface area contributed by atoms with Crippen LogP contribution >= 0.6 is 0 Å². The Hall–Kier alpha value is -2.53. The van der Waals surface area contributed by atoms with E-state index < -0.39 is 0 Å². The van der Waals surface area contributed by atoms with Crippen LogP contribution in [-0.4, -0.2) is 37.0 Å². The van der Waals surface area contributed by atoms with Crippen molar-refractivity contribution in [1.82, 2.24) is 10.2 Å². The first-order valence-electron chi connectivity index (χ1n) is 10.9. The molecule has 3 aliphatic heterocycles. The molecule has 5 nitrogen and oxygen atoms in total. The molecule has 2 saturated heterocycles. The van der Waals surface area contributed by atoms with Crippen molar-refractivity contribution < 1.29 is 9.53 Å². The zero-order valence-corrected chi connectivity index (χ0v) is 17.0. The number of hydrogen-bond acceptors (Lipinski definition) is 4. The van der Waals surface area contributed by atoms with E-state index in [0.29, 0.717) is 12.5 Å². The highest BCUT2D eigenvalue weighted by Crippen LogP contribution is 2.47. The van der Waals surface area contributed by atoms with Gasteiger partial charge in [0.25, 0.3) is 5.91 Å². The summed E-state index contributed by atoms with van der Waals surface area (Å²) in [4.78, 5) is 14.9. The topological polar surface area (TPSA) is 53.6 Å². The first-order chi connectivity index (χ1) is 14.2. The zero-order chi connectivity index (χ0) is 19.8. The fraction of sp³-hybridized carbons (Fsp3) is 0.458. The van der Waals surface area contributed by atoms with Gasteiger partial charge in [-0.05, 0) is 74.2 Å². The molecule has 0 radical (unpaired) electrons. The van der Waals surface area contributed by atoms with E-state index in [1.807, 2.05) is 17.9 Å². The predicted octanol–water partition coefficient (Wildman–Crippen LogP) is 4.14. The van der Waals surface area contributed by atoms with Crippen LogP contribution in [0.3, 0.4) is 0 Å². The van der Waals surface area contributed by atoms with Crippen molar-refractivity contribution in [2.45, 2.75) is 38.3 Å². The van der Waals surface area contributed by atoms with Crippen LogP contribution in [0.1, 0.15) is 59.8 Å². The number of amides is 1. The summed E-state index contributed by atoms with van der Waals surface area (Å²) in [5, 5.41) is 7.46. The lowest BCUT2D eigenvalue weighted by Gasteiger charge is -2.37. The van der Waals surface area contributed by atoms with Gasteiger partial charge in [-0.15, -0.1) is 0 Å². The van der Waals surface area contributed by atoms with E-state index in [0.717, 1.165) is 55.9 Å². The molecule has 1 amide bonds. The summed E-state index contributed by atoms with van der Waals surface area (Å²) in [6, 6.07) is 15.2. The lowest BCUT2D eigenvalue weighted by Crippen LogP contribution is -2.33. The fourth-order valence-electron chi connectivity index (χ4n) is 5.15. The second-order valence-electron chi connectivity index (χ2n) is 8.31. The van der Waals surface area contributed by atoms with Crippen molar-refractivity contribution >= 4 is 11.6 Å². The number of anilines is 1. The molecule has 3 atom stereocenters. The molecule has 0 saturated carbocycles. The highest BCUT2D eigenvalue weighted by Gasteiger charge is 2.40. The van der Waals surface area contributed by atoms with Gasteiger partial charge in [-0.1, -0.05) is 12.1 Å². The van der Waals surface area contributed by atoms with Gasteiger partial charge in [0, 0.05) is 36.3 Å². The summed E-state index contributed by atoms with van der Waals surface area (Å²) in [5.74, 6) is 1.56. The number of fused-ring (bicyclic) bond motifs is 3. The number of carbonyl (C=O) groups excluding carboxylic acids is 1. The molecule has 5 heteroatoms. The number of rotatable bonds is 4. The van der Waals surface area contributed by atoms with Crippen molar-refractivity contribution in [3.8, 4) is 5.75 Å². The molecular weight excluding hydrogens is 362 g/mol. The molecule has 152 valence electrons. The summed E-state index contributed by atoms with van der Waals surface area (Å²) in [5.41, 5.74) is 4.48. The quantitative estimate of drug-likeness (QED) is 0.823. The van der Waals surface area contributed by atoms with Crippen LogP contribution in [0.2, 0.25) is 0 Å². The van der Waals surface area contributed by atoms with Gasteiger partial charge in [0.1, 0.15) is 5.75 Å². The molecule has 0 spiro atoms. The van der Waals surface area contributed by atoms with Gasteiger partial charge in [0.15, 0.2) is 0 Å². The number of nitrogens with one attached hydrogen (secondary N) is 2. The molecule has 3 aliphatic rings. The molecule has 2 aromatic carbocycles. The second-order valence-corrected chi connectivity index (χ2v) is 8.31. The molecule has 1 unspecified atom stereocenters. The van der Waals surface area contributed by atoms with E-state index >= 15 is 0 Å². The van der Waals surface area contributed by atoms with Crippen molar-refractivity contribution in [3.63, 3.8) is 0 Å². The first kappa shape index (κ1) is 18.5. The minimum absolute atomic E-state index is 0.175. The average molecular weight is 392 g/mol. The van der Waals surface area contributed by atoms with E-state index in [2.05, 4.69) is 47.0 Å². The Morgan fingerprint density at radius 2 is 1.90 bits per heavy atom. The minimum atomic E-state index is 0.175. The number of nitrogens with zero attached hydrogens (tertiary/aromatic N) is 1. The molecule has 29 heavy (non-hydrogen) atoms. The number of ether oxygens (including phenoxy) is 1. The Balaban J connectivity index is 1.44. The van der Waals surface area contributed by atoms with Crippen molar-refractivity contribution in [3.05, 3.63) is 59.2 Å². The molecule has 0 aliphatic carbocycles. The van der Waals surface area contributed by atoms with Gasteiger partial charge in [0.2, 0.25) is 0 Å². The molecule has 5 rings (SSSR count). The minimum Gasteiger partial charge on any atom is -0.494 e. The van der Waals surface area contributed by atoms with Crippen LogP contribution < -0.4 is 15.4 Å². The van der Waals surface area contributed by atoms with Crippen LogP contribution in [0.4, 0.5) is 5.69 Å². The smallest absolute Gasteiger partial charge is 0.253 e. The normalized spacial score (nSPS) is 25.3. The van der Waals surface area contributed by atoms with Gasteiger partial charge < -0.3 is 20.3 Å².